The van der Waals surface area contributed by atoms with Crippen molar-refractivity contribution in [2.24, 2.45) is 11.3 Å². The van der Waals surface area contributed by atoms with Gasteiger partial charge in [-0.1, -0.05) is 0 Å². The summed E-state index contributed by atoms with van der Waals surface area (Å²) in [6.45, 7) is 14.6. The Bertz CT molecular complexity index is 345. The van der Waals surface area contributed by atoms with Gasteiger partial charge in [-0.15, -0.1) is 0 Å². The average Bonchev–Trinajstić information content (AvgIpc) is 2.66. The third-order valence-electron chi connectivity index (χ3n) is 7.54. The van der Waals surface area contributed by atoms with Crippen LogP contribution in [-0.2, 0) is 0 Å². The third kappa shape index (κ3) is 8.57. The Hall–Kier alpha value is 0.759. The molecule has 1 rings (SSSR count). The molecular formula is C25H52OSn. The molecule has 1 nitrogen and oxygen atoms in total. The molecule has 0 aromatic heterocycles. The monoisotopic (exact) mass is 488 g/mol. The number of aliphatic hydroxyl groups is 1. The van der Waals surface area contributed by atoms with Gasteiger partial charge in [0, 0.05) is 0 Å². The van der Waals surface area contributed by atoms with Crippen molar-refractivity contribution in [3.8, 4) is 0 Å². The van der Waals surface area contributed by atoms with Gasteiger partial charge in [0.2, 0.25) is 0 Å². The minimum atomic E-state index is -2.35. The van der Waals surface area contributed by atoms with E-state index in [1.165, 1.54) is 70.6 Å². The van der Waals surface area contributed by atoms with E-state index in [-0.39, 0.29) is 6.10 Å². The van der Waals surface area contributed by atoms with Crippen LogP contribution in [0.1, 0.15) is 119 Å². The molecule has 162 valence electrons. The number of aliphatic hydroxyl groups excluding tert-OH is 1. The maximum atomic E-state index is 11.3. The molecule has 1 saturated carbocycles. The first-order chi connectivity index (χ1) is 12.8. The maximum absolute atomic E-state index is 11.3. The summed E-state index contributed by atoms with van der Waals surface area (Å²) in [6.07, 6.45) is 16.1. The summed E-state index contributed by atoms with van der Waals surface area (Å²) >= 11 is -2.35. The van der Waals surface area contributed by atoms with Crippen molar-refractivity contribution < 1.29 is 5.11 Å². The van der Waals surface area contributed by atoms with Crippen molar-refractivity contribution >= 4 is 18.4 Å². The SMILES string of the molecule is CCC[CH2][Sn]([CH2]CCC)([CH2]CCC)[C@H](C[C@H](O)C1CCCCC1)C(C)(C)C. The molecular weight excluding hydrogens is 435 g/mol. The fourth-order valence-corrected chi connectivity index (χ4v) is 27.5. The van der Waals surface area contributed by atoms with Gasteiger partial charge in [0.1, 0.15) is 0 Å². The zero-order chi connectivity index (χ0) is 20.3. The molecule has 0 aromatic carbocycles. The Balaban J connectivity index is 3.10. The molecule has 2 atom stereocenters. The van der Waals surface area contributed by atoms with E-state index in [9.17, 15) is 5.11 Å². The number of rotatable bonds is 13. The molecule has 1 fully saturated rings. The fourth-order valence-electron chi connectivity index (χ4n) is 5.96. The Labute approximate surface area is 176 Å². The average molecular weight is 487 g/mol. The van der Waals surface area contributed by atoms with E-state index in [1.54, 1.807) is 13.3 Å². The van der Waals surface area contributed by atoms with Crippen LogP contribution >= 0.6 is 0 Å². The predicted molar refractivity (Wildman–Crippen MR) is 125 cm³/mol. The zero-order valence-electron chi connectivity index (χ0n) is 19.8. The summed E-state index contributed by atoms with van der Waals surface area (Å²) in [4.78, 5) is 0. The van der Waals surface area contributed by atoms with E-state index in [2.05, 4.69) is 41.5 Å². The van der Waals surface area contributed by atoms with Crippen molar-refractivity contribution in [3.63, 3.8) is 0 Å². The van der Waals surface area contributed by atoms with Crippen molar-refractivity contribution in [1.29, 1.82) is 0 Å². The molecule has 0 aliphatic heterocycles. The standard InChI is InChI=1S/C13H25O.3C4H9.Sn/c1-13(2,3)10-9-12(14)11-7-5-4-6-8-11;3*1-3-4-2;/h10-12,14H,4-9H2,1-3H3;3*1,3-4H2,2H3;/t12-;;;;/m0..../s1. The van der Waals surface area contributed by atoms with Gasteiger partial charge in [0.15, 0.2) is 0 Å². The van der Waals surface area contributed by atoms with Crippen molar-refractivity contribution in [1.82, 2.24) is 0 Å². The van der Waals surface area contributed by atoms with Crippen molar-refractivity contribution in [3.05, 3.63) is 0 Å². The van der Waals surface area contributed by atoms with Gasteiger partial charge in [-0.05, 0) is 0 Å². The summed E-state index contributed by atoms with van der Waals surface area (Å²) in [5.41, 5.74) is 0.362. The molecule has 0 saturated heterocycles. The van der Waals surface area contributed by atoms with Crippen LogP contribution in [0.2, 0.25) is 17.2 Å². The summed E-state index contributed by atoms with van der Waals surface area (Å²) in [7, 11) is 0. The van der Waals surface area contributed by atoms with E-state index in [0.29, 0.717) is 11.3 Å². The summed E-state index contributed by atoms with van der Waals surface area (Å²) in [5.74, 6) is 0.594. The molecule has 2 heteroatoms. The molecule has 0 aromatic rings. The molecule has 0 radical (unpaired) electrons. The Morgan fingerprint density at radius 3 is 1.63 bits per heavy atom. The first-order valence-electron chi connectivity index (χ1n) is 12.5. The summed E-state index contributed by atoms with van der Waals surface area (Å²) < 4.78 is 5.56. The van der Waals surface area contributed by atoms with Gasteiger partial charge in [-0.3, -0.25) is 0 Å². The topological polar surface area (TPSA) is 20.2 Å². The second-order valence-electron chi connectivity index (χ2n) is 10.8. The van der Waals surface area contributed by atoms with Crippen LogP contribution in [0.4, 0.5) is 0 Å². The predicted octanol–water partition coefficient (Wildman–Crippen LogP) is 8.58. The Kier molecular flexibility index (Phi) is 12.6. The molecule has 0 bridgehead atoms. The summed E-state index contributed by atoms with van der Waals surface area (Å²) in [6, 6.07) is 0. The van der Waals surface area contributed by atoms with Gasteiger partial charge >= 0.3 is 177 Å². The molecule has 0 amide bonds. The van der Waals surface area contributed by atoms with Gasteiger partial charge < -0.3 is 0 Å². The van der Waals surface area contributed by atoms with Crippen LogP contribution in [0.25, 0.3) is 0 Å². The van der Waals surface area contributed by atoms with Crippen LogP contribution in [0, 0.1) is 11.3 Å². The second kappa shape index (κ2) is 13.1. The van der Waals surface area contributed by atoms with E-state index in [1.807, 2.05) is 0 Å². The van der Waals surface area contributed by atoms with Gasteiger partial charge in [0.05, 0.1) is 0 Å². The molecule has 0 unspecified atom stereocenters. The van der Waals surface area contributed by atoms with Crippen LogP contribution < -0.4 is 0 Å². The molecule has 1 aliphatic carbocycles. The van der Waals surface area contributed by atoms with Gasteiger partial charge in [-0.2, -0.15) is 0 Å². The first-order valence-corrected chi connectivity index (χ1v) is 20.2. The van der Waals surface area contributed by atoms with Gasteiger partial charge in [0.25, 0.3) is 0 Å². The second-order valence-corrected chi connectivity index (χ2v) is 24.8. The Morgan fingerprint density at radius 2 is 1.26 bits per heavy atom. The summed E-state index contributed by atoms with van der Waals surface area (Å²) in [5, 5.41) is 11.3. The normalized spacial score (nSPS) is 19.2. The number of hydrogen-bond acceptors (Lipinski definition) is 1. The van der Waals surface area contributed by atoms with Gasteiger partial charge in [-0.25, -0.2) is 0 Å². The molecule has 1 N–H and O–H groups in total. The Morgan fingerprint density at radius 1 is 0.815 bits per heavy atom. The molecule has 1 aliphatic rings. The number of unbranched alkanes of at least 4 members (excludes halogenated alkanes) is 3. The molecule has 0 heterocycles. The van der Waals surface area contributed by atoms with Crippen LogP contribution in [0.15, 0.2) is 0 Å². The van der Waals surface area contributed by atoms with E-state index < -0.39 is 18.4 Å². The van der Waals surface area contributed by atoms with Crippen molar-refractivity contribution in [2.45, 2.75) is 142 Å². The number of hydrogen-bond donors (Lipinski definition) is 1. The van der Waals surface area contributed by atoms with E-state index >= 15 is 0 Å². The quantitative estimate of drug-likeness (QED) is 0.258. The van der Waals surface area contributed by atoms with Crippen LogP contribution in [0.5, 0.6) is 0 Å². The van der Waals surface area contributed by atoms with Crippen molar-refractivity contribution in [2.75, 3.05) is 0 Å². The van der Waals surface area contributed by atoms with E-state index in [4.69, 9.17) is 0 Å². The fraction of sp³-hybridized carbons (Fsp3) is 1.00. The van der Waals surface area contributed by atoms with Crippen LogP contribution in [-0.4, -0.2) is 29.6 Å². The zero-order valence-corrected chi connectivity index (χ0v) is 22.6. The first kappa shape index (κ1) is 25.8. The minimum absolute atomic E-state index is 0.0320. The van der Waals surface area contributed by atoms with E-state index in [0.717, 1.165) is 10.4 Å². The van der Waals surface area contributed by atoms with Crippen LogP contribution in [0.3, 0.4) is 0 Å². The molecule has 27 heavy (non-hydrogen) atoms. The molecule has 0 spiro atoms. The third-order valence-corrected chi connectivity index (χ3v) is 26.5.